The van der Waals surface area contributed by atoms with Crippen LogP contribution in [0.4, 0.5) is 0 Å². The van der Waals surface area contributed by atoms with Crippen molar-refractivity contribution < 1.29 is 9.53 Å². The van der Waals surface area contributed by atoms with Gasteiger partial charge < -0.3 is 10.5 Å². The highest BCUT2D eigenvalue weighted by Gasteiger charge is 2.31. The van der Waals surface area contributed by atoms with Crippen molar-refractivity contribution in [2.24, 2.45) is 11.1 Å². The third kappa shape index (κ3) is 2.72. The molecule has 0 spiro atoms. The molecule has 0 bridgehead atoms. The number of hydrogen-bond acceptors (Lipinski definition) is 3. The molecule has 1 unspecified atom stereocenters. The molecule has 0 aliphatic heterocycles. The predicted octanol–water partition coefficient (Wildman–Crippen LogP) is 2.79. The lowest BCUT2D eigenvalue weighted by molar-refractivity contribution is 0.0819. The molecule has 0 aromatic heterocycles. The number of ether oxygens (including phenoxy) is 1. The van der Waals surface area contributed by atoms with Crippen molar-refractivity contribution in [1.29, 1.82) is 0 Å². The van der Waals surface area contributed by atoms with Crippen LogP contribution in [0, 0.1) is 5.41 Å². The molecule has 3 nitrogen and oxygen atoms in total. The van der Waals surface area contributed by atoms with Crippen LogP contribution in [-0.2, 0) is 0 Å². The van der Waals surface area contributed by atoms with Crippen LogP contribution in [0.5, 0.6) is 5.75 Å². The zero-order valence-electron chi connectivity index (χ0n) is 11.1. The minimum atomic E-state index is -0.474. The van der Waals surface area contributed by atoms with E-state index in [1.807, 2.05) is 38.1 Å². The van der Waals surface area contributed by atoms with E-state index in [0.29, 0.717) is 18.2 Å². The van der Waals surface area contributed by atoms with Crippen LogP contribution in [-0.4, -0.2) is 18.4 Å². The first-order valence-corrected chi connectivity index (χ1v) is 6.60. The summed E-state index contributed by atoms with van der Waals surface area (Å²) in [5, 5.41) is 0. The molecule has 0 radical (unpaired) electrons. The summed E-state index contributed by atoms with van der Waals surface area (Å²) in [6.45, 7) is 4.29. The first-order valence-electron chi connectivity index (χ1n) is 6.60. The van der Waals surface area contributed by atoms with E-state index in [1.165, 1.54) is 0 Å². The van der Waals surface area contributed by atoms with E-state index in [9.17, 15) is 4.79 Å². The Labute approximate surface area is 108 Å². The van der Waals surface area contributed by atoms with Crippen LogP contribution in [0.15, 0.2) is 24.3 Å². The summed E-state index contributed by atoms with van der Waals surface area (Å²) in [4.78, 5) is 12.4. The van der Waals surface area contributed by atoms with Gasteiger partial charge in [-0.2, -0.15) is 0 Å². The minimum absolute atomic E-state index is 0.105. The molecule has 1 atom stereocenters. The molecule has 0 heterocycles. The van der Waals surface area contributed by atoms with Crippen molar-refractivity contribution in [2.75, 3.05) is 6.54 Å². The molecule has 3 heteroatoms. The van der Waals surface area contributed by atoms with Gasteiger partial charge in [0.1, 0.15) is 5.75 Å². The Morgan fingerprint density at radius 3 is 2.78 bits per heavy atom. The van der Waals surface area contributed by atoms with Crippen LogP contribution in [0.2, 0.25) is 0 Å². The van der Waals surface area contributed by atoms with Gasteiger partial charge >= 0.3 is 0 Å². The maximum atomic E-state index is 12.4. The SMILES string of the molecule is CCC(C)(CN)C(=O)c1cccc(OC2CC2)c1. The summed E-state index contributed by atoms with van der Waals surface area (Å²) in [6, 6.07) is 7.45. The molecule has 0 saturated heterocycles. The number of carbonyl (C=O) groups excluding carboxylic acids is 1. The average Bonchev–Trinajstić information content (AvgIpc) is 3.21. The standard InChI is InChI=1S/C15H21NO2/c1-3-15(2,10-16)14(17)11-5-4-6-13(9-11)18-12-7-8-12/h4-6,9,12H,3,7-8,10,16H2,1-2H3. The van der Waals surface area contributed by atoms with Gasteiger partial charge in [0.2, 0.25) is 0 Å². The summed E-state index contributed by atoms with van der Waals surface area (Å²) in [7, 11) is 0. The molecule has 1 aliphatic carbocycles. The van der Waals surface area contributed by atoms with E-state index in [-0.39, 0.29) is 5.78 Å². The number of Topliss-reactive ketones (excluding diaryl/α,β-unsaturated/α-hetero) is 1. The van der Waals surface area contributed by atoms with Crippen molar-refractivity contribution >= 4 is 5.78 Å². The Morgan fingerprint density at radius 1 is 1.50 bits per heavy atom. The highest BCUT2D eigenvalue weighted by atomic mass is 16.5. The van der Waals surface area contributed by atoms with Gasteiger partial charge in [0.15, 0.2) is 5.78 Å². The number of benzene rings is 1. The predicted molar refractivity (Wildman–Crippen MR) is 71.9 cm³/mol. The van der Waals surface area contributed by atoms with E-state index in [1.54, 1.807) is 0 Å². The quantitative estimate of drug-likeness (QED) is 0.786. The van der Waals surface area contributed by atoms with Crippen LogP contribution in [0.1, 0.15) is 43.5 Å². The Kier molecular flexibility index (Phi) is 3.71. The van der Waals surface area contributed by atoms with Crippen molar-refractivity contribution in [3.8, 4) is 5.75 Å². The highest BCUT2D eigenvalue weighted by Crippen LogP contribution is 2.30. The second kappa shape index (κ2) is 5.11. The molecule has 2 N–H and O–H groups in total. The van der Waals surface area contributed by atoms with E-state index in [4.69, 9.17) is 10.5 Å². The topological polar surface area (TPSA) is 52.3 Å². The van der Waals surface area contributed by atoms with Crippen molar-refractivity contribution in [1.82, 2.24) is 0 Å². The maximum Gasteiger partial charge on any atom is 0.170 e. The molecule has 1 saturated carbocycles. The van der Waals surface area contributed by atoms with Crippen LogP contribution in [0.25, 0.3) is 0 Å². The summed E-state index contributed by atoms with van der Waals surface area (Å²) >= 11 is 0. The second-order valence-corrected chi connectivity index (χ2v) is 5.29. The van der Waals surface area contributed by atoms with E-state index < -0.39 is 5.41 Å². The Balaban J connectivity index is 2.18. The Bertz CT molecular complexity index is 434. The van der Waals surface area contributed by atoms with Gasteiger partial charge in [0.25, 0.3) is 0 Å². The molecule has 98 valence electrons. The van der Waals surface area contributed by atoms with E-state index >= 15 is 0 Å². The van der Waals surface area contributed by atoms with Gasteiger partial charge in [-0.1, -0.05) is 26.0 Å². The number of nitrogens with two attached hydrogens (primary N) is 1. The van der Waals surface area contributed by atoms with Gasteiger partial charge in [-0.15, -0.1) is 0 Å². The monoisotopic (exact) mass is 247 g/mol. The normalized spacial score (nSPS) is 18.2. The van der Waals surface area contributed by atoms with E-state index in [2.05, 4.69) is 0 Å². The molecular weight excluding hydrogens is 226 g/mol. The van der Waals surface area contributed by atoms with Gasteiger partial charge in [-0.05, 0) is 31.4 Å². The number of hydrogen-bond donors (Lipinski definition) is 1. The molecule has 1 aromatic carbocycles. The minimum Gasteiger partial charge on any atom is -0.490 e. The van der Waals surface area contributed by atoms with Crippen molar-refractivity contribution in [2.45, 2.75) is 39.2 Å². The first-order chi connectivity index (χ1) is 8.59. The lowest BCUT2D eigenvalue weighted by atomic mass is 9.80. The summed E-state index contributed by atoms with van der Waals surface area (Å²) in [6.07, 6.45) is 3.33. The zero-order chi connectivity index (χ0) is 13.2. The third-order valence-electron chi connectivity index (χ3n) is 3.70. The summed E-state index contributed by atoms with van der Waals surface area (Å²) in [5.41, 5.74) is 5.96. The molecular formula is C15H21NO2. The van der Waals surface area contributed by atoms with Crippen molar-refractivity contribution in [3.05, 3.63) is 29.8 Å². The maximum absolute atomic E-state index is 12.4. The number of ketones is 1. The van der Waals surface area contributed by atoms with Crippen LogP contribution < -0.4 is 10.5 Å². The zero-order valence-corrected chi connectivity index (χ0v) is 11.1. The summed E-state index contributed by atoms with van der Waals surface area (Å²) in [5.74, 6) is 0.896. The highest BCUT2D eigenvalue weighted by molar-refractivity contribution is 6.00. The molecule has 2 rings (SSSR count). The Morgan fingerprint density at radius 2 is 2.22 bits per heavy atom. The first kappa shape index (κ1) is 13.1. The lowest BCUT2D eigenvalue weighted by Crippen LogP contribution is -2.35. The molecule has 18 heavy (non-hydrogen) atoms. The fourth-order valence-corrected chi connectivity index (χ4v) is 1.84. The Hall–Kier alpha value is -1.35. The van der Waals surface area contributed by atoms with Gasteiger partial charge in [0.05, 0.1) is 6.10 Å². The fourth-order valence-electron chi connectivity index (χ4n) is 1.84. The lowest BCUT2D eigenvalue weighted by Gasteiger charge is -2.24. The van der Waals surface area contributed by atoms with Crippen molar-refractivity contribution in [3.63, 3.8) is 0 Å². The second-order valence-electron chi connectivity index (χ2n) is 5.29. The number of rotatable bonds is 6. The molecule has 1 aromatic rings. The largest absolute Gasteiger partial charge is 0.490 e. The van der Waals surface area contributed by atoms with E-state index in [0.717, 1.165) is 25.0 Å². The van der Waals surface area contributed by atoms with Crippen LogP contribution in [0.3, 0.4) is 0 Å². The smallest absolute Gasteiger partial charge is 0.170 e. The van der Waals surface area contributed by atoms with Gasteiger partial charge in [-0.3, -0.25) is 4.79 Å². The average molecular weight is 247 g/mol. The summed E-state index contributed by atoms with van der Waals surface area (Å²) < 4.78 is 5.71. The number of carbonyl (C=O) groups is 1. The third-order valence-corrected chi connectivity index (χ3v) is 3.70. The molecule has 0 amide bonds. The van der Waals surface area contributed by atoms with Crippen LogP contribution >= 0.6 is 0 Å². The molecule has 1 aliphatic rings. The van der Waals surface area contributed by atoms with Gasteiger partial charge in [-0.25, -0.2) is 0 Å². The molecule has 1 fully saturated rings. The fraction of sp³-hybridized carbons (Fsp3) is 0.533. The van der Waals surface area contributed by atoms with Gasteiger partial charge in [0, 0.05) is 17.5 Å².